The number of oxime groups is 1. The van der Waals surface area contributed by atoms with Crippen LogP contribution in [-0.2, 0) is 0 Å². The number of aliphatic hydroxyl groups excluding tert-OH is 1. The van der Waals surface area contributed by atoms with Crippen LogP contribution in [0.3, 0.4) is 0 Å². The van der Waals surface area contributed by atoms with Crippen LogP contribution in [0.25, 0.3) is 0 Å². The zero-order valence-electron chi connectivity index (χ0n) is 14.1. The largest absolute Gasteiger partial charge is 0.491 e. The molecular weight excluding hydrogens is 334 g/mol. The highest BCUT2D eigenvalue weighted by molar-refractivity contribution is 6.13. The highest BCUT2D eigenvalue weighted by atomic mass is 16.5. The van der Waals surface area contributed by atoms with E-state index in [1.54, 1.807) is 12.1 Å². The fourth-order valence-electron chi connectivity index (χ4n) is 3.56. The molecule has 0 saturated carbocycles. The summed E-state index contributed by atoms with van der Waals surface area (Å²) in [6, 6.07) is 12.9. The molecule has 2 aliphatic rings. The first-order valence-electron chi connectivity index (χ1n) is 8.48. The molecule has 1 unspecified atom stereocenters. The Bertz CT molecular complexity index is 864. The third-order valence-corrected chi connectivity index (χ3v) is 4.72. The van der Waals surface area contributed by atoms with E-state index in [1.165, 1.54) is 0 Å². The van der Waals surface area contributed by atoms with Gasteiger partial charge in [-0.25, -0.2) is 0 Å². The van der Waals surface area contributed by atoms with Gasteiger partial charge in [0, 0.05) is 18.5 Å². The maximum atomic E-state index is 12.6. The number of carbonyl (C=O) groups excluding carboxylic acids is 1. The summed E-state index contributed by atoms with van der Waals surface area (Å²) in [5, 5.41) is 24.6. The molecule has 134 valence electrons. The zero-order chi connectivity index (χ0) is 18.1. The zero-order valence-corrected chi connectivity index (χ0v) is 14.1. The Morgan fingerprint density at radius 3 is 2.69 bits per heavy atom. The summed E-state index contributed by atoms with van der Waals surface area (Å²) in [4.78, 5) is 14.7. The van der Waals surface area contributed by atoms with Crippen LogP contribution in [0.15, 0.2) is 47.6 Å². The summed E-state index contributed by atoms with van der Waals surface area (Å²) in [6.45, 7) is 0.839. The molecule has 4 rings (SSSR count). The van der Waals surface area contributed by atoms with E-state index in [1.807, 2.05) is 30.3 Å². The number of ether oxygens (including phenoxy) is 1. The second kappa shape index (κ2) is 6.68. The van der Waals surface area contributed by atoms with Crippen molar-refractivity contribution in [3.8, 4) is 5.75 Å². The van der Waals surface area contributed by atoms with Gasteiger partial charge < -0.3 is 25.3 Å². The molecule has 0 fully saturated rings. The average Bonchev–Trinajstić information content (AvgIpc) is 2.69. The van der Waals surface area contributed by atoms with Crippen LogP contribution in [0.4, 0.5) is 5.69 Å². The average molecular weight is 353 g/mol. The van der Waals surface area contributed by atoms with Gasteiger partial charge in [0.2, 0.25) is 0 Å². The van der Waals surface area contributed by atoms with Crippen LogP contribution >= 0.6 is 0 Å². The number of para-hydroxylation sites is 1. The Morgan fingerprint density at radius 2 is 1.96 bits per heavy atom. The van der Waals surface area contributed by atoms with Gasteiger partial charge in [-0.05, 0) is 23.8 Å². The first-order valence-corrected chi connectivity index (χ1v) is 8.48. The number of benzene rings is 2. The number of amides is 1. The molecule has 26 heavy (non-hydrogen) atoms. The number of hydrogen-bond donors (Lipinski definition) is 3. The van der Waals surface area contributed by atoms with Crippen LogP contribution in [0.2, 0.25) is 0 Å². The monoisotopic (exact) mass is 353 g/mol. The van der Waals surface area contributed by atoms with Gasteiger partial charge in [0.1, 0.15) is 18.5 Å². The molecule has 2 aliphatic heterocycles. The second-order valence-electron chi connectivity index (χ2n) is 6.21. The molecule has 7 heteroatoms. The molecule has 1 atom stereocenters. The minimum atomic E-state index is -0.303. The number of anilines is 1. The maximum Gasteiger partial charge on any atom is 0.255 e. The van der Waals surface area contributed by atoms with E-state index in [2.05, 4.69) is 15.4 Å². The third-order valence-electron chi connectivity index (χ3n) is 4.72. The SMILES string of the molecule is O=C1NC(c2ccc(OCCO)cc2)N2CC/C(=N\O)c3cccc1c32. The molecule has 0 aliphatic carbocycles. The van der Waals surface area contributed by atoms with E-state index in [9.17, 15) is 10.0 Å². The normalized spacial score (nSPS) is 19.9. The van der Waals surface area contributed by atoms with E-state index in [-0.39, 0.29) is 25.3 Å². The number of hydrogen-bond acceptors (Lipinski definition) is 6. The number of nitrogens with one attached hydrogen (secondary N) is 1. The predicted molar refractivity (Wildman–Crippen MR) is 96.0 cm³/mol. The van der Waals surface area contributed by atoms with E-state index >= 15 is 0 Å². The van der Waals surface area contributed by atoms with Crippen LogP contribution in [0.1, 0.15) is 34.1 Å². The lowest BCUT2D eigenvalue weighted by molar-refractivity contribution is 0.0926. The fraction of sp³-hybridized carbons (Fsp3) is 0.263. The van der Waals surface area contributed by atoms with Crippen molar-refractivity contribution < 1.29 is 19.8 Å². The van der Waals surface area contributed by atoms with Crippen molar-refractivity contribution in [3.05, 3.63) is 59.2 Å². The van der Waals surface area contributed by atoms with Crippen molar-refractivity contribution in [3.63, 3.8) is 0 Å². The maximum absolute atomic E-state index is 12.6. The Morgan fingerprint density at radius 1 is 1.19 bits per heavy atom. The topological polar surface area (TPSA) is 94.4 Å². The molecule has 0 bridgehead atoms. The molecular formula is C19H19N3O4. The van der Waals surface area contributed by atoms with Crippen LogP contribution in [0, 0.1) is 0 Å². The standard InChI is InChI=1S/C19H19N3O4/c23-10-11-26-13-6-4-12(5-7-13)18-20-19(24)15-3-1-2-14-16(21-25)8-9-22(18)17(14)15/h1-7,18,23,25H,8-11H2,(H,20,24)/b21-16+. The molecule has 0 spiro atoms. The highest BCUT2D eigenvalue weighted by Crippen LogP contribution is 2.39. The summed E-state index contributed by atoms with van der Waals surface area (Å²) >= 11 is 0. The van der Waals surface area contributed by atoms with Crippen molar-refractivity contribution in [2.45, 2.75) is 12.6 Å². The molecule has 2 aromatic rings. The Labute approximate surface area is 150 Å². The Balaban J connectivity index is 1.71. The number of carbonyl (C=O) groups is 1. The lowest BCUT2D eigenvalue weighted by atomic mass is 9.92. The van der Waals surface area contributed by atoms with E-state index in [0.717, 1.165) is 16.8 Å². The summed E-state index contributed by atoms with van der Waals surface area (Å²) in [5.74, 6) is 0.516. The van der Waals surface area contributed by atoms with Gasteiger partial charge in [0.05, 0.1) is 23.6 Å². The summed E-state index contributed by atoms with van der Waals surface area (Å²) < 4.78 is 5.39. The highest BCUT2D eigenvalue weighted by Gasteiger charge is 2.37. The smallest absolute Gasteiger partial charge is 0.255 e. The van der Waals surface area contributed by atoms with Crippen LogP contribution in [-0.4, -0.2) is 41.7 Å². The third kappa shape index (κ3) is 2.66. The molecule has 0 aromatic heterocycles. The molecule has 2 heterocycles. The van der Waals surface area contributed by atoms with Gasteiger partial charge in [-0.1, -0.05) is 29.4 Å². The summed E-state index contributed by atoms with van der Waals surface area (Å²) in [5.41, 5.74) is 3.71. The lowest BCUT2D eigenvalue weighted by Gasteiger charge is -2.42. The van der Waals surface area contributed by atoms with Crippen LogP contribution < -0.4 is 15.0 Å². The van der Waals surface area contributed by atoms with Gasteiger partial charge in [0.15, 0.2) is 0 Å². The number of nitrogens with zero attached hydrogens (tertiary/aromatic N) is 2. The minimum absolute atomic E-state index is 0.0392. The van der Waals surface area contributed by atoms with Crippen molar-refractivity contribution >= 4 is 17.3 Å². The lowest BCUT2D eigenvalue weighted by Crippen LogP contribution is -2.49. The van der Waals surface area contributed by atoms with E-state index in [4.69, 9.17) is 9.84 Å². The molecule has 0 saturated heterocycles. The molecule has 3 N–H and O–H groups in total. The van der Waals surface area contributed by atoms with Crippen molar-refractivity contribution in [2.75, 3.05) is 24.7 Å². The Hall–Kier alpha value is -3.06. The fourth-order valence-corrected chi connectivity index (χ4v) is 3.56. The first-order chi connectivity index (χ1) is 12.7. The van der Waals surface area contributed by atoms with E-state index < -0.39 is 0 Å². The van der Waals surface area contributed by atoms with Crippen molar-refractivity contribution in [1.29, 1.82) is 0 Å². The minimum Gasteiger partial charge on any atom is -0.491 e. The van der Waals surface area contributed by atoms with Gasteiger partial charge in [-0.2, -0.15) is 0 Å². The number of rotatable bonds is 4. The summed E-state index contributed by atoms with van der Waals surface area (Å²) in [7, 11) is 0. The number of aliphatic hydroxyl groups is 1. The van der Waals surface area contributed by atoms with E-state index in [0.29, 0.717) is 30.0 Å². The molecule has 1 amide bonds. The van der Waals surface area contributed by atoms with Crippen molar-refractivity contribution in [1.82, 2.24) is 5.32 Å². The van der Waals surface area contributed by atoms with Crippen LogP contribution in [0.5, 0.6) is 5.75 Å². The Kier molecular flexibility index (Phi) is 4.22. The molecule has 0 radical (unpaired) electrons. The second-order valence-corrected chi connectivity index (χ2v) is 6.21. The van der Waals surface area contributed by atoms with Crippen molar-refractivity contribution in [2.24, 2.45) is 5.16 Å². The van der Waals surface area contributed by atoms with Gasteiger partial charge in [-0.15, -0.1) is 0 Å². The van der Waals surface area contributed by atoms with Gasteiger partial charge >= 0.3 is 0 Å². The first kappa shape index (κ1) is 16.4. The van der Waals surface area contributed by atoms with Gasteiger partial charge in [0.25, 0.3) is 5.91 Å². The predicted octanol–water partition coefficient (Wildman–Crippen LogP) is 1.89. The molecule has 7 nitrogen and oxygen atoms in total. The van der Waals surface area contributed by atoms with Gasteiger partial charge in [-0.3, -0.25) is 4.79 Å². The summed E-state index contributed by atoms with van der Waals surface area (Å²) in [6.07, 6.45) is 0.292. The quantitative estimate of drug-likeness (QED) is 0.576. The molecule has 2 aromatic carbocycles.